The zero-order valence-corrected chi connectivity index (χ0v) is 13.9. The summed E-state index contributed by atoms with van der Waals surface area (Å²) >= 11 is 0. The summed E-state index contributed by atoms with van der Waals surface area (Å²) in [5.41, 5.74) is 1.43. The largest absolute Gasteiger partial charge is 0.336 e. The van der Waals surface area contributed by atoms with Gasteiger partial charge in [0.05, 0.1) is 0 Å². The van der Waals surface area contributed by atoms with E-state index in [1.165, 1.54) is 25.8 Å². The van der Waals surface area contributed by atoms with Crippen molar-refractivity contribution >= 4 is 16.9 Å². The molecule has 2 fully saturated rings. The third-order valence-electron chi connectivity index (χ3n) is 5.41. The van der Waals surface area contributed by atoms with Gasteiger partial charge in [0.15, 0.2) is 0 Å². The number of carbonyl (C=O) groups is 1. The van der Waals surface area contributed by atoms with Crippen LogP contribution < -0.4 is 0 Å². The van der Waals surface area contributed by atoms with Crippen LogP contribution in [0.3, 0.4) is 0 Å². The van der Waals surface area contributed by atoms with Gasteiger partial charge in [0.2, 0.25) is 0 Å². The first-order chi connectivity index (χ1) is 11.1. The van der Waals surface area contributed by atoms with Gasteiger partial charge in [-0.1, -0.05) is 6.42 Å². The maximum absolute atomic E-state index is 12.6. The molecule has 1 atom stereocenters. The standard InChI is InChI=1S/C18H24N4O/c1-13-5-3-4-9-22(13)15-11-21(12-15)18(23)16-7-6-14-8-10-20(2)17(14)19-16/h6-8,10,13,15H,3-5,9,11-12H2,1-2H3. The summed E-state index contributed by atoms with van der Waals surface area (Å²) < 4.78 is 1.96. The van der Waals surface area contributed by atoms with Crippen LogP contribution in [-0.2, 0) is 7.05 Å². The highest BCUT2D eigenvalue weighted by atomic mass is 16.2. The van der Waals surface area contributed by atoms with E-state index >= 15 is 0 Å². The van der Waals surface area contributed by atoms with Gasteiger partial charge < -0.3 is 9.47 Å². The predicted octanol–water partition coefficient (Wildman–Crippen LogP) is 2.27. The number of amides is 1. The van der Waals surface area contributed by atoms with E-state index in [1.807, 2.05) is 40.9 Å². The number of rotatable bonds is 2. The second-order valence-electron chi connectivity index (χ2n) is 6.98. The molecule has 0 radical (unpaired) electrons. The van der Waals surface area contributed by atoms with E-state index in [9.17, 15) is 4.79 Å². The molecule has 5 heteroatoms. The lowest BCUT2D eigenvalue weighted by Crippen LogP contribution is -2.63. The minimum atomic E-state index is 0.0639. The second kappa shape index (κ2) is 5.64. The average molecular weight is 312 g/mol. The Balaban J connectivity index is 1.44. The number of hydrogen-bond acceptors (Lipinski definition) is 3. The molecule has 2 aliphatic rings. The molecule has 1 amide bonds. The van der Waals surface area contributed by atoms with Crippen molar-refractivity contribution in [3.8, 4) is 0 Å². The molecular formula is C18H24N4O. The molecule has 2 saturated heterocycles. The van der Waals surface area contributed by atoms with E-state index < -0.39 is 0 Å². The smallest absolute Gasteiger partial charge is 0.272 e. The van der Waals surface area contributed by atoms with Crippen LogP contribution >= 0.6 is 0 Å². The lowest BCUT2D eigenvalue weighted by Gasteiger charge is -2.49. The predicted molar refractivity (Wildman–Crippen MR) is 90.4 cm³/mol. The van der Waals surface area contributed by atoms with Crippen LogP contribution in [0.15, 0.2) is 24.4 Å². The van der Waals surface area contributed by atoms with Crippen molar-refractivity contribution in [2.75, 3.05) is 19.6 Å². The molecule has 1 unspecified atom stereocenters. The first kappa shape index (κ1) is 14.7. The molecule has 4 rings (SSSR count). The van der Waals surface area contributed by atoms with Gasteiger partial charge in [-0.25, -0.2) is 4.98 Å². The van der Waals surface area contributed by atoms with Gasteiger partial charge in [-0.15, -0.1) is 0 Å². The van der Waals surface area contributed by atoms with Gasteiger partial charge in [-0.2, -0.15) is 0 Å². The van der Waals surface area contributed by atoms with E-state index in [0.717, 1.165) is 24.1 Å². The molecule has 5 nitrogen and oxygen atoms in total. The molecule has 2 aromatic heterocycles. The van der Waals surface area contributed by atoms with Gasteiger partial charge in [-0.3, -0.25) is 9.69 Å². The summed E-state index contributed by atoms with van der Waals surface area (Å²) in [6.45, 7) is 5.18. The molecule has 2 aromatic rings. The first-order valence-corrected chi connectivity index (χ1v) is 8.60. The van der Waals surface area contributed by atoms with E-state index in [2.05, 4.69) is 16.8 Å². The Kier molecular flexibility index (Phi) is 3.60. The van der Waals surface area contributed by atoms with Crippen LogP contribution in [0.2, 0.25) is 0 Å². The summed E-state index contributed by atoms with van der Waals surface area (Å²) in [7, 11) is 1.96. The Hall–Kier alpha value is -1.88. The van der Waals surface area contributed by atoms with Crippen LogP contribution in [0, 0.1) is 0 Å². The zero-order chi connectivity index (χ0) is 16.0. The fourth-order valence-corrected chi connectivity index (χ4v) is 3.91. The summed E-state index contributed by atoms with van der Waals surface area (Å²) in [5.74, 6) is 0.0639. The monoisotopic (exact) mass is 312 g/mol. The topological polar surface area (TPSA) is 41.4 Å². The molecule has 122 valence electrons. The van der Waals surface area contributed by atoms with E-state index in [1.54, 1.807) is 0 Å². The molecule has 0 aliphatic carbocycles. The lowest BCUT2D eigenvalue weighted by molar-refractivity contribution is 0.00183. The number of pyridine rings is 1. The van der Waals surface area contributed by atoms with Crippen molar-refractivity contribution in [1.29, 1.82) is 0 Å². The van der Waals surface area contributed by atoms with Gasteiger partial charge in [0.25, 0.3) is 5.91 Å². The van der Waals surface area contributed by atoms with Gasteiger partial charge in [0.1, 0.15) is 11.3 Å². The summed E-state index contributed by atoms with van der Waals surface area (Å²) in [6.07, 6.45) is 5.90. The normalized spacial score (nSPS) is 23.2. The van der Waals surface area contributed by atoms with Gasteiger partial charge in [-0.05, 0) is 44.5 Å². The molecule has 2 aliphatic heterocycles. The van der Waals surface area contributed by atoms with Crippen LogP contribution in [0.25, 0.3) is 11.0 Å². The number of hydrogen-bond donors (Lipinski definition) is 0. The lowest BCUT2D eigenvalue weighted by atomic mass is 9.97. The van der Waals surface area contributed by atoms with Crippen LogP contribution in [0.1, 0.15) is 36.7 Å². The number of fused-ring (bicyclic) bond motifs is 1. The Labute approximate surface area is 136 Å². The third-order valence-corrected chi connectivity index (χ3v) is 5.41. The van der Waals surface area contributed by atoms with E-state index in [-0.39, 0.29) is 5.91 Å². The molecule has 0 spiro atoms. The highest BCUT2D eigenvalue weighted by molar-refractivity contribution is 5.95. The fraction of sp³-hybridized carbons (Fsp3) is 0.556. The number of aryl methyl sites for hydroxylation is 1. The molecule has 0 N–H and O–H groups in total. The van der Waals surface area contributed by atoms with Crippen LogP contribution in [0.5, 0.6) is 0 Å². The van der Waals surface area contributed by atoms with Gasteiger partial charge >= 0.3 is 0 Å². The average Bonchev–Trinajstić information content (AvgIpc) is 2.88. The SMILES string of the molecule is CC1CCCCN1C1CN(C(=O)c2ccc3ccn(C)c3n2)C1. The van der Waals surface area contributed by atoms with Crippen molar-refractivity contribution in [1.82, 2.24) is 19.4 Å². The maximum Gasteiger partial charge on any atom is 0.272 e. The second-order valence-corrected chi connectivity index (χ2v) is 6.98. The Morgan fingerprint density at radius 2 is 2.04 bits per heavy atom. The summed E-state index contributed by atoms with van der Waals surface area (Å²) in [4.78, 5) is 21.7. The third kappa shape index (κ3) is 2.53. The molecule has 0 saturated carbocycles. The maximum atomic E-state index is 12.6. The van der Waals surface area contributed by atoms with Crippen molar-refractivity contribution < 1.29 is 4.79 Å². The fourth-order valence-electron chi connectivity index (χ4n) is 3.91. The molecular weight excluding hydrogens is 288 g/mol. The number of carbonyl (C=O) groups excluding carboxylic acids is 1. The van der Waals surface area contributed by atoms with Crippen molar-refractivity contribution in [2.45, 2.75) is 38.3 Å². The van der Waals surface area contributed by atoms with Crippen molar-refractivity contribution in [2.24, 2.45) is 7.05 Å². The summed E-state index contributed by atoms with van der Waals surface area (Å²) in [5, 5.41) is 1.08. The molecule has 23 heavy (non-hydrogen) atoms. The molecule has 0 bridgehead atoms. The van der Waals surface area contributed by atoms with E-state index in [4.69, 9.17) is 0 Å². The number of piperidine rings is 1. The molecule has 0 aromatic carbocycles. The minimum absolute atomic E-state index is 0.0639. The van der Waals surface area contributed by atoms with Gasteiger partial charge in [0, 0.05) is 43.8 Å². The first-order valence-electron chi connectivity index (χ1n) is 8.60. The minimum Gasteiger partial charge on any atom is -0.336 e. The summed E-state index contributed by atoms with van der Waals surface area (Å²) in [6, 6.07) is 7.05. The van der Waals surface area contributed by atoms with E-state index in [0.29, 0.717) is 17.8 Å². The van der Waals surface area contributed by atoms with Crippen LogP contribution in [0.4, 0.5) is 0 Å². The number of likely N-dealkylation sites (tertiary alicyclic amines) is 2. The Bertz CT molecular complexity index is 732. The Morgan fingerprint density at radius 3 is 2.83 bits per heavy atom. The van der Waals surface area contributed by atoms with Crippen molar-refractivity contribution in [3.05, 3.63) is 30.1 Å². The quantitative estimate of drug-likeness (QED) is 0.854. The highest BCUT2D eigenvalue weighted by Crippen LogP contribution is 2.25. The van der Waals surface area contributed by atoms with Crippen molar-refractivity contribution in [3.63, 3.8) is 0 Å². The molecule has 4 heterocycles. The Morgan fingerprint density at radius 1 is 1.22 bits per heavy atom. The zero-order valence-electron chi connectivity index (χ0n) is 13.9. The number of aromatic nitrogens is 2. The highest BCUT2D eigenvalue weighted by Gasteiger charge is 2.38. The van der Waals surface area contributed by atoms with Crippen LogP contribution in [-0.4, -0.2) is 57.0 Å². The number of nitrogens with zero attached hydrogens (tertiary/aromatic N) is 4.